The first-order chi connectivity index (χ1) is 29.4. The summed E-state index contributed by atoms with van der Waals surface area (Å²) in [6, 6.07) is 0. The molecule has 0 heterocycles. The molecule has 6 saturated carbocycles. The molecule has 0 amide bonds. The predicted octanol–water partition coefficient (Wildman–Crippen LogP) is 14.5. The van der Waals surface area contributed by atoms with Gasteiger partial charge in [-0.3, -0.25) is 9.59 Å². The van der Waals surface area contributed by atoms with Crippen LogP contribution >= 0.6 is 45.2 Å². The third-order valence-electron chi connectivity index (χ3n) is 20.9. The van der Waals surface area contributed by atoms with Gasteiger partial charge in [0.25, 0.3) is 0 Å². The Balaban J connectivity index is 0.989. The number of carbonyl (C=O) groups is 2. The first-order valence-corrected chi connectivity index (χ1v) is 28.7. The number of alkyl halides is 2. The van der Waals surface area contributed by atoms with Crippen molar-refractivity contribution in [3.63, 3.8) is 0 Å². The fourth-order valence-corrected chi connectivity index (χ4v) is 18.4. The van der Waals surface area contributed by atoms with Crippen LogP contribution in [0.15, 0.2) is 23.3 Å². The number of allylic oxidation sites excluding steroid dienone is 4. The maximum atomic E-state index is 12.9. The average molecular weight is 1070 g/mol. The Hall–Kier alpha value is -0.160. The van der Waals surface area contributed by atoms with Gasteiger partial charge in [0.05, 0.1) is 38.3 Å². The molecule has 0 spiro atoms. The van der Waals surface area contributed by atoms with Gasteiger partial charge >= 0.3 is 11.9 Å². The maximum Gasteiger partial charge on any atom is 0.309 e. The van der Waals surface area contributed by atoms with Crippen LogP contribution in [0, 0.1) is 80.8 Å². The third kappa shape index (κ3) is 8.68. The summed E-state index contributed by atoms with van der Waals surface area (Å²) in [6.07, 6.45) is 35.9. The number of carbonyl (C=O) groups excluding carboxylic acids is 2. The van der Waals surface area contributed by atoms with E-state index in [9.17, 15) is 9.59 Å². The van der Waals surface area contributed by atoms with Gasteiger partial charge < -0.3 is 14.2 Å². The highest BCUT2D eigenvalue weighted by molar-refractivity contribution is 14.1. The Morgan fingerprint density at radius 2 is 1.00 bits per heavy atom. The van der Waals surface area contributed by atoms with E-state index in [-0.39, 0.29) is 34.6 Å². The number of rotatable bonds is 16. The Kier molecular flexibility index (Phi) is 15.2. The first-order valence-electron chi connectivity index (χ1n) is 25.7. The summed E-state index contributed by atoms with van der Waals surface area (Å²) in [5, 5.41) is 0. The van der Waals surface area contributed by atoms with Gasteiger partial charge in [-0.05, 0) is 206 Å². The molecule has 0 saturated heterocycles. The van der Waals surface area contributed by atoms with E-state index in [0.29, 0.717) is 58.5 Å². The van der Waals surface area contributed by atoms with Gasteiger partial charge in [-0.2, -0.15) is 0 Å². The minimum atomic E-state index is 0.0402. The van der Waals surface area contributed by atoms with Crippen molar-refractivity contribution in [3.05, 3.63) is 23.3 Å². The Labute approximate surface area is 399 Å². The lowest BCUT2D eigenvalue weighted by Gasteiger charge is -2.58. The van der Waals surface area contributed by atoms with Crippen molar-refractivity contribution >= 4 is 57.1 Å². The molecule has 0 aromatic heterocycles. The quantitative estimate of drug-likeness (QED) is 0.0507. The summed E-state index contributed by atoms with van der Waals surface area (Å²) >= 11 is 5.13. The Bertz CT molecular complexity index is 1510. The lowest BCUT2D eigenvalue weighted by molar-refractivity contribution is -0.153. The maximum absolute atomic E-state index is 12.9. The van der Waals surface area contributed by atoms with Crippen LogP contribution in [0.1, 0.15) is 182 Å². The SMILES string of the molecule is COC(=O)[C@H]1CC[C@H]2[C@@H]3CC=C4C[C@@H](C(CCCCCI)OC(CCCCCI)[C@H]5CC[C@@]6(C)C(=CC[C@H]7[C@@H]8CC[C@H](C(=O)OC)[C@@]8(C)CC[C@@H]76)C5)CC[C@]4(C)[C@H]3CC[C@]12C. The topological polar surface area (TPSA) is 61.8 Å². The van der Waals surface area contributed by atoms with Crippen LogP contribution < -0.4 is 0 Å². The standard InChI is InChI=1S/C54H84I2O5/c1-51-27-23-35(33-37(51)15-17-39-41-19-21-45(49(57)59-5)53(41,3)29-25-43(39)51)47(13-9-7-11-31-55)61-48(14-10-8-12-32-56)36-24-28-52(2)38(34-36)16-18-40-42-20-22-46(50(58)60-6)54(42,4)30-26-44(40)52/h15-16,35-36,39-48H,7-14,17-34H2,1-6H3/t35-,36-,39-,40-,41-,42-,43-,44-,45+,46+,47?,48?,51-,52-,53-,54-/m0/s1. The van der Waals surface area contributed by atoms with Crippen LogP contribution in [-0.4, -0.2) is 47.2 Å². The van der Waals surface area contributed by atoms with Crippen LogP contribution in [0.3, 0.4) is 0 Å². The van der Waals surface area contributed by atoms with E-state index in [1.807, 2.05) is 0 Å². The van der Waals surface area contributed by atoms with E-state index in [0.717, 1.165) is 24.7 Å². The molecule has 61 heavy (non-hydrogen) atoms. The van der Waals surface area contributed by atoms with Crippen molar-refractivity contribution in [3.8, 4) is 0 Å². The molecule has 8 aliphatic carbocycles. The molecular formula is C54H84I2O5. The highest BCUT2D eigenvalue weighted by Gasteiger charge is 2.62. The van der Waals surface area contributed by atoms with Gasteiger partial charge in [-0.1, -0.05) is 122 Å². The summed E-state index contributed by atoms with van der Waals surface area (Å²) in [7, 11) is 3.18. The van der Waals surface area contributed by atoms with Gasteiger partial charge in [0.15, 0.2) is 0 Å². The van der Waals surface area contributed by atoms with Crippen LogP contribution in [-0.2, 0) is 23.8 Å². The van der Waals surface area contributed by atoms with E-state index < -0.39 is 0 Å². The van der Waals surface area contributed by atoms with Gasteiger partial charge in [0, 0.05) is 0 Å². The fourth-order valence-electron chi connectivity index (χ4n) is 17.4. The van der Waals surface area contributed by atoms with E-state index in [1.54, 1.807) is 25.4 Å². The van der Waals surface area contributed by atoms with E-state index in [4.69, 9.17) is 14.2 Å². The molecule has 8 rings (SSSR count). The molecule has 8 aliphatic rings. The summed E-state index contributed by atoms with van der Waals surface area (Å²) in [4.78, 5) is 25.9. The second-order valence-electron chi connectivity index (χ2n) is 23.2. The number of fused-ring (bicyclic) bond motifs is 10. The second kappa shape index (κ2) is 19.6. The van der Waals surface area contributed by atoms with E-state index in [1.165, 1.54) is 150 Å². The van der Waals surface area contributed by atoms with Crippen LogP contribution in [0.5, 0.6) is 0 Å². The number of halogens is 2. The minimum Gasteiger partial charge on any atom is -0.469 e. The second-order valence-corrected chi connectivity index (χ2v) is 25.4. The lowest BCUT2D eigenvalue weighted by Crippen LogP contribution is -2.51. The zero-order valence-electron chi connectivity index (χ0n) is 39.3. The van der Waals surface area contributed by atoms with Crippen molar-refractivity contribution in [2.24, 2.45) is 80.8 Å². The molecule has 0 aliphatic heterocycles. The average Bonchev–Trinajstić information content (AvgIpc) is 3.81. The van der Waals surface area contributed by atoms with Gasteiger partial charge in [-0.15, -0.1) is 0 Å². The predicted molar refractivity (Wildman–Crippen MR) is 265 cm³/mol. The Morgan fingerprint density at radius 1 is 0.574 bits per heavy atom. The molecular weight excluding hydrogens is 982 g/mol. The van der Waals surface area contributed by atoms with Crippen molar-refractivity contribution < 1.29 is 23.8 Å². The molecule has 16 atom stereocenters. The first kappa shape index (κ1) is 47.3. The monoisotopic (exact) mass is 1070 g/mol. The molecule has 6 fully saturated rings. The number of hydrogen-bond acceptors (Lipinski definition) is 5. The molecule has 0 aromatic carbocycles. The molecule has 0 bridgehead atoms. The normalized spacial score (nSPS) is 43.5. The van der Waals surface area contributed by atoms with Crippen LogP contribution in [0.2, 0.25) is 0 Å². The molecule has 7 heteroatoms. The van der Waals surface area contributed by atoms with Crippen LogP contribution in [0.25, 0.3) is 0 Å². The third-order valence-corrected chi connectivity index (χ3v) is 22.4. The molecule has 0 radical (unpaired) electrons. The number of hydrogen-bond donors (Lipinski definition) is 0. The zero-order valence-corrected chi connectivity index (χ0v) is 43.6. The lowest BCUT2D eigenvalue weighted by atomic mass is 9.46. The largest absolute Gasteiger partial charge is 0.469 e. The smallest absolute Gasteiger partial charge is 0.309 e. The summed E-state index contributed by atoms with van der Waals surface area (Å²) in [5.74, 6) is 5.69. The number of ether oxygens (including phenoxy) is 3. The highest BCUT2D eigenvalue weighted by Crippen LogP contribution is 2.69. The fraction of sp³-hybridized carbons (Fsp3) is 0.889. The summed E-state index contributed by atoms with van der Waals surface area (Å²) in [5.41, 5.74) is 4.34. The van der Waals surface area contributed by atoms with Crippen molar-refractivity contribution in [1.29, 1.82) is 0 Å². The summed E-state index contributed by atoms with van der Waals surface area (Å²) in [6.45, 7) is 10.2. The summed E-state index contributed by atoms with van der Waals surface area (Å²) < 4.78 is 21.0. The highest BCUT2D eigenvalue weighted by atomic mass is 127. The van der Waals surface area contributed by atoms with Crippen molar-refractivity contribution in [2.75, 3.05) is 23.1 Å². The van der Waals surface area contributed by atoms with Gasteiger partial charge in [0.1, 0.15) is 0 Å². The van der Waals surface area contributed by atoms with E-state index in [2.05, 4.69) is 85.0 Å². The van der Waals surface area contributed by atoms with Gasteiger partial charge in [-0.25, -0.2) is 0 Å². The number of esters is 2. The van der Waals surface area contributed by atoms with Crippen LogP contribution in [0.4, 0.5) is 0 Å². The van der Waals surface area contributed by atoms with E-state index >= 15 is 0 Å². The number of methoxy groups -OCH3 is 2. The van der Waals surface area contributed by atoms with Crippen molar-refractivity contribution in [1.82, 2.24) is 0 Å². The molecule has 344 valence electrons. The molecule has 0 aromatic rings. The van der Waals surface area contributed by atoms with Crippen molar-refractivity contribution in [2.45, 2.75) is 194 Å². The molecule has 0 N–H and O–H groups in total. The molecule has 2 unspecified atom stereocenters. The van der Waals surface area contributed by atoms with Gasteiger partial charge in [0.2, 0.25) is 0 Å². The minimum absolute atomic E-state index is 0.0402. The number of unbranched alkanes of at least 4 members (excludes halogenated alkanes) is 4. The zero-order chi connectivity index (χ0) is 43.2. The Morgan fingerprint density at radius 3 is 1.39 bits per heavy atom. The molecule has 5 nitrogen and oxygen atoms in total.